The van der Waals surface area contributed by atoms with Crippen LogP contribution in [0.1, 0.15) is 21.6 Å². The van der Waals surface area contributed by atoms with Gasteiger partial charge in [0.2, 0.25) is 0 Å². The Bertz CT molecular complexity index is 653. The molecule has 0 radical (unpaired) electrons. The van der Waals surface area contributed by atoms with Crippen molar-refractivity contribution in [1.29, 1.82) is 0 Å². The molecule has 1 amide bonds. The van der Waals surface area contributed by atoms with Gasteiger partial charge in [-0.3, -0.25) is 10.1 Å². The number of carbonyl (C=O) groups excluding carboxylic acids is 1. The van der Waals surface area contributed by atoms with Crippen molar-refractivity contribution in [2.45, 2.75) is 6.92 Å². The fourth-order valence-corrected chi connectivity index (χ4v) is 2.18. The molecule has 1 heterocycles. The fraction of sp³-hybridized carbons (Fsp3) is 0.143. The first-order valence-corrected chi connectivity index (χ1v) is 6.51. The molecule has 0 spiro atoms. The summed E-state index contributed by atoms with van der Waals surface area (Å²) >= 11 is 1.38. The average Bonchev–Trinajstić information content (AvgIpc) is 2.82. The molecule has 1 aromatic carbocycles. The van der Waals surface area contributed by atoms with Crippen LogP contribution in [0.5, 0.6) is 0 Å². The van der Waals surface area contributed by atoms with E-state index in [9.17, 15) is 4.79 Å². The molecule has 2 rings (SSSR count). The molecular formula is C14H12N2O2S. The quantitative estimate of drug-likeness (QED) is 0.822. The standard InChI is InChI=1S/C14H12N2O2S/c1-10-9-19-14(15-10)16-13(18)12-7-3-2-5-11(12)6-4-8-17/h2-3,5,7,9,17H,8H2,1H3,(H,15,16,18). The van der Waals surface area contributed by atoms with E-state index in [4.69, 9.17) is 5.11 Å². The molecule has 0 bridgehead atoms. The maximum atomic E-state index is 12.1. The largest absolute Gasteiger partial charge is 0.384 e. The minimum Gasteiger partial charge on any atom is -0.384 e. The molecule has 0 aliphatic heterocycles. The fourth-order valence-electron chi connectivity index (χ4n) is 1.50. The number of rotatable bonds is 2. The van der Waals surface area contributed by atoms with Crippen LogP contribution in [0.4, 0.5) is 5.13 Å². The van der Waals surface area contributed by atoms with E-state index in [1.807, 2.05) is 12.3 Å². The van der Waals surface area contributed by atoms with Gasteiger partial charge in [-0.05, 0) is 19.1 Å². The van der Waals surface area contributed by atoms with Gasteiger partial charge in [-0.15, -0.1) is 11.3 Å². The maximum Gasteiger partial charge on any atom is 0.258 e. The molecule has 5 heteroatoms. The van der Waals surface area contributed by atoms with E-state index in [-0.39, 0.29) is 12.5 Å². The SMILES string of the molecule is Cc1csc(NC(=O)c2ccccc2C#CCO)n1. The average molecular weight is 272 g/mol. The van der Waals surface area contributed by atoms with E-state index in [2.05, 4.69) is 22.1 Å². The van der Waals surface area contributed by atoms with Crippen molar-refractivity contribution in [3.8, 4) is 11.8 Å². The van der Waals surface area contributed by atoms with E-state index in [0.29, 0.717) is 16.3 Å². The van der Waals surface area contributed by atoms with Gasteiger partial charge in [0.1, 0.15) is 6.61 Å². The molecular weight excluding hydrogens is 260 g/mol. The molecule has 0 saturated heterocycles. The molecule has 0 aliphatic rings. The summed E-state index contributed by atoms with van der Waals surface area (Å²) in [5.74, 6) is 5.04. The number of aliphatic hydroxyl groups excluding tert-OH is 1. The summed E-state index contributed by atoms with van der Waals surface area (Å²) in [6.45, 7) is 1.63. The third-order valence-corrected chi connectivity index (χ3v) is 3.19. The van der Waals surface area contributed by atoms with Gasteiger partial charge in [0.05, 0.1) is 11.3 Å². The summed E-state index contributed by atoms with van der Waals surface area (Å²) in [5.41, 5.74) is 1.92. The van der Waals surface area contributed by atoms with Gasteiger partial charge < -0.3 is 5.11 Å². The van der Waals surface area contributed by atoms with Crippen LogP contribution in [0.2, 0.25) is 0 Å². The highest BCUT2D eigenvalue weighted by Crippen LogP contribution is 2.16. The van der Waals surface area contributed by atoms with E-state index in [1.54, 1.807) is 24.3 Å². The second-order valence-corrected chi connectivity index (χ2v) is 4.61. The molecule has 2 N–H and O–H groups in total. The predicted octanol–water partition coefficient (Wildman–Crippen LogP) is 2.05. The van der Waals surface area contributed by atoms with Gasteiger partial charge in [-0.1, -0.05) is 24.0 Å². The number of aryl methyl sites for hydroxylation is 1. The lowest BCUT2D eigenvalue weighted by atomic mass is 10.1. The van der Waals surface area contributed by atoms with E-state index in [0.717, 1.165) is 5.69 Å². The summed E-state index contributed by atoms with van der Waals surface area (Å²) < 4.78 is 0. The molecule has 0 saturated carbocycles. The van der Waals surface area contributed by atoms with Gasteiger partial charge in [-0.2, -0.15) is 0 Å². The van der Waals surface area contributed by atoms with Gasteiger partial charge in [0.25, 0.3) is 5.91 Å². The molecule has 0 fully saturated rings. The number of aromatic nitrogens is 1. The van der Waals surface area contributed by atoms with Crippen LogP contribution in [0.15, 0.2) is 29.6 Å². The van der Waals surface area contributed by atoms with Crippen molar-refractivity contribution in [2.75, 3.05) is 11.9 Å². The number of nitrogens with one attached hydrogen (secondary N) is 1. The lowest BCUT2D eigenvalue weighted by Gasteiger charge is -2.04. The summed E-state index contributed by atoms with van der Waals surface area (Å²) in [7, 11) is 0. The van der Waals surface area contributed by atoms with Gasteiger partial charge >= 0.3 is 0 Å². The van der Waals surface area contributed by atoms with Crippen LogP contribution >= 0.6 is 11.3 Å². The monoisotopic (exact) mass is 272 g/mol. The van der Waals surface area contributed by atoms with Crippen LogP contribution in [-0.4, -0.2) is 22.6 Å². The van der Waals surface area contributed by atoms with E-state index < -0.39 is 0 Å². The summed E-state index contributed by atoms with van der Waals surface area (Å²) in [4.78, 5) is 16.3. The Kier molecular flexibility index (Phi) is 4.29. The Morgan fingerprint density at radius 3 is 2.95 bits per heavy atom. The zero-order valence-corrected chi connectivity index (χ0v) is 11.1. The molecule has 19 heavy (non-hydrogen) atoms. The third kappa shape index (κ3) is 3.41. The smallest absolute Gasteiger partial charge is 0.258 e. The second-order valence-electron chi connectivity index (χ2n) is 3.75. The lowest BCUT2D eigenvalue weighted by Crippen LogP contribution is -2.13. The first-order valence-electron chi connectivity index (χ1n) is 5.63. The molecule has 4 nitrogen and oxygen atoms in total. The summed E-state index contributed by atoms with van der Waals surface area (Å²) in [6, 6.07) is 7.00. The van der Waals surface area contributed by atoms with E-state index >= 15 is 0 Å². The minimum absolute atomic E-state index is 0.234. The zero-order valence-electron chi connectivity index (χ0n) is 10.3. The number of hydrogen-bond acceptors (Lipinski definition) is 4. The van der Waals surface area contributed by atoms with Crippen molar-refractivity contribution in [2.24, 2.45) is 0 Å². The van der Waals surface area contributed by atoms with Crippen molar-refractivity contribution in [3.05, 3.63) is 46.5 Å². The number of thiazole rings is 1. The highest BCUT2D eigenvalue weighted by Gasteiger charge is 2.11. The predicted molar refractivity (Wildman–Crippen MR) is 75.2 cm³/mol. The van der Waals surface area contributed by atoms with Gasteiger partial charge in [-0.25, -0.2) is 4.98 Å². The summed E-state index contributed by atoms with van der Waals surface area (Å²) in [5, 5.41) is 13.9. The Morgan fingerprint density at radius 1 is 1.47 bits per heavy atom. The zero-order chi connectivity index (χ0) is 13.7. The Morgan fingerprint density at radius 2 is 2.26 bits per heavy atom. The van der Waals surface area contributed by atoms with E-state index in [1.165, 1.54) is 11.3 Å². The Hall–Kier alpha value is -2.16. The molecule has 0 unspecified atom stereocenters. The summed E-state index contributed by atoms with van der Waals surface area (Å²) in [6.07, 6.45) is 0. The molecule has 96 valence electrons. The number of aliphatic hydroxyl groups is 1. The highest BCUT2D eigenvalue weighted by atomic mass is 32.1. The van der Waals surface area contributed by atoms with Crippen molar-refractivity contribution >= 4 is 22.4 Å². The number of carbonyl (C=O) groups is 1. The minimum atomic E-state index is -0.253. The van der Waals surface area contributed by atoms with Gasteiger partial charge in [0, 0.05) is 10.9 Å². The van der Waals surface area contributed by atoms with Crippen LogP contribution in [0.25, 0.3) is 0 Å². The molecule has 1 aromatic heterocycles. The molecule has 2 aromatic rings. The number of hydrogen-bond donors (Lipinski definition) is 2. The van der Waals surface area contributed by atoms with Crippen molar-refractivity contribution in [1.82, 2.24) is 4.98 Å². The van der Waals surface area contributed by atoms with Crippen molar-refractivity contribution < 1.29 is 9.90 Å². The van der Waals surface area contributed by atoms with Gasteiger partial charge in [0.15, 0.2) is 5.13 Å². The maximum absolute atomic E-state index is 12.1. The number of benzene rings is 1. The third-order valence-electron chi connectivity index (χ3n) is 2.31. The highest BCUT2D eigenvalue weighted by molar-refractivity contribution is 7.13. The number of anilines is 1. The first kappa shape index (κ1) is 13.3. The first-order chi connectivity index (χ1) is 9.20. The van der Waals surface area contributed by atoms with Crippen LogP contribution in [-0.2, 0) is 0 Å². The molecule has 0 atom stereocenters. The topological polar surface area (TPSA) is 62.2 Å². The van der Waals surface area contributed by atoms with Crippen molar-refractivity contribution in [3.63, 3.8) is 0 Å². The van der Waals surface area contributed by atoms with Crippen LogP contribution in [0, 0.1) is 18.8 Å². The normalized spacial score (nSPS) is 9.58. The molecule has 0 aliphatic carbocycles. The number of amides is 1. The number of nitrogens with zero attached hydrogens (tertiary/aromatic N) is 1. The van der Waals surface area contributed by atoms with Crippen LogP contribution in [0.3, 0.4) is 0 Å². The second kappa shape index (κ2) is 6.14. The Balaban J connectivity index is 2.23. The van der Waals surface area contributed by atoms with Crippen LogP contribution < -0.4 is 5.32 Å². The Labute approximate surface area is 115 Å². The lowest BCUT2D eigenvalue weighted by molar-refractivity contribution is 0.102.